The molecule has 0 atom stereocenters. The number of tetrazole rings is 1. The van der Waals surface area contributed by atoms with Gasteiger partial charge in [-0.2, -0.15) is 10.3 Å². The summed E-state index contributed by atoms with van der Waals surface area (Å²) in [7, 11) is 0. The molecule has 0 bridgehead atoms. The van der Waals surface area contributed by atoms with Gasteiger partial charge in [-0.15, -0.1) is 10.2 Å². The van der Waals surface area contributed by atoms with Crippen molar-refractivity contribution in [2.24, 2.45) is 0 Å². The quantitative estimate of drug-likeness (QED) is 0.215. The number of aryl methyl sites for hydroxylation is 2. The van der Waals surface area contributed by atoms with Gasteiger partial charge in [0.25, 0.3) is 0 Å². The lowest BCUT2D eigenvalue weighted by Crippen LogP contribution is -2.07. The van der Waals surface area contributed by atoms with E-state index in [-0.39, 0.29) is 0 Å². The Balaban J connectivity index is 1.45. The lowest BCUT2D eigenvalue weighted by molar-refractivity contribution is 0.591. The summed E-state index contributed by atoms with van der Waals surface area (Å²) in [6, 6.07) is 16.8. The Morgan fingerprint density at radius 1 is 0.771 bits per heavy atom. The van der Waals surface area contributed by atoms with Crippen LogP contribution in [-0.4, -0.2) is 35.4 Å². The highest BCUT2D eigenvalue weighted by molar-refractivity contribution is 5.80. The van der Waals surface area contributed by atoms with Crippen LogP contribution in [0.2, 0.25) is 0 Å². The molecule has 0 aliphatic rings. The van der Waals surface area contributed by atoms with Crippen molar-refractivity contribution < 1.29 is 0 Å². The van der Waals surface area contributed by atoms with Crippen LogP contribution in [0.25, 0.3) is 22.5 Å². The number of aromatic amines is 1. The Morgan fingerprint density at radius 3 is 2.26 bits per heavy atom. The van der Waals surface area contributed by atoms with Crippen molar-refractivity contribution in [3.05, 3.63) is 65.7 Å². The number of hydrogen-bond donors (Lipinski definition) is 1. The maximum atomic E-state index is 4.91. The number of unbranched alkanes of at least 4 members (excludes halogenated alkanes) is 6. The molecule has 0 saturated heterocycles. The molecular formula is C28H37N7. The predicted molar refractivity (Wildman–Crippen MR) is 140 cm³/mol. The first-order chi connectivity index (χ1) is 17.3. The Kier molecular flexibility index (Phi) is 9.15. The van der Waals surface area contributed by atoms with Gasteiger partial charge >= 0.3 is 0 Å². The molecule has 4 rings (SSSR count). The van der Waals surface area contributed by atoms with E-state index in [1.165, 1.54) is 44.1 Å². The zero-order valence-corrected chi connectivity index (χ0v) is 21.1. The summed E-state index contributed by atoms with van der Waals surface area (Å²) in [4.78, 5) is 4.91. The molecule has 0 saturated carbocycles. The Morgan fingerprint density at radius 2 is 1.51 bits per heavy atom. The Labute approximate surface area is 208 Å². The van der Waals surface area contributed by atoms with Crippen LogP contribution in [0, 0.1) is 0 Å². The minimum absolute atomic E-state index is 0.603. The van der Waals surface area contributed by atoms with Crippen LogP contribution in [0.3, 0.4) is 0 Å². The molecule has 2 heterocycles. The predicted octanol–water partition coefficient (Wildman–Crippen LogP) is 6.42. The summed E-state index contributed by atoms with van der Waals surface area (Å²) in [5.74, 6) is 2.71. The molecule has 1 N–H and O–H groups in total. The van der Waals surface area contributed by atoms with Gasteiger partial charge in [0, 0.05) is 18.4 Å². The fraction of sp³-hybridized carbons (Fsp3) is 0.464. The molecule has 7 nitrogen and oxygen atoms in total. The highest BCUT2D eigenvalue weighted by atomic mass is 15.5. The summed E-state index contributed by atoms with van der Waals surface area (Å²) in [5, 5.41) is 19.5. The smallest absolute Gasteiger partial charge is 0.205 e. The number of nitrogens with one attached hydrogen (secondary N) is 1. The zero-order chi connectivity index (χ0) is 24.3. The van der Waals surface area contributed by atoms with E-state index in [0.717, 1.165) is 60.6 Å². The molecule has 0 aliphatic carbocycles. The van der Waals surface area contributed by atoms with E-state index in [9.17, 15) is 0 Å². The fourth-order valence-electron chi connectivity index (χ4n) is 4.41. The van der Waals surface area contributed by atoms with Gasteiger partial charge in [-0.25, -0.2) is 9.67 Å². The zero-order valence-electron chi connectivity index (χ0n) is 21.1. The summed E-state index contributed by atoms with van der Waals surface area (Å²) in [5.41, 5.74) is 4.40. The van der Waals surface area contributed by atoms with E-state index >= 15 is 0 Å². The normalized spacial score (nSPS) is 11.3. The number of rotatable bonds is 14. The average Bonchev–Trinajstić information content (AvgIpc) is 3.56. The summed E-state index contributed by atoms with van der Waals surface area (Å²) >= 11 is 0. The van der Waals surface area contributed by atoms with E-state index in [1.807, 2.05) is 18.2 Å². The van der Waals surface area contributed by atoms with E-state index in [2.05, 4.69) is 69.5 Å². The third-order valence-electron chi connectivity index (χ3n) is 6.41. The van der Waals surface area contributed by atoms with Crippen LogP contribution in [0.1, 0.15) is 82.4 Å². The van der Waals surface area contributed by atoms with E-state index in [4.69, 9.17) is 10.1 Å². The highest BCUT2D eigenvalue weighted by Crippen LogP contribution is 2.29. The van der Waals surface area contributed by atoms with Crippen LogP contribution in [-0.2, 0) is 19.4 Å². The van der Waals surface area contributed by atoms with E-state index in [0.29, 0.717) is 5.82 Å². The van der Waals surface area contributed by atoms with Gasteiger partial charge < -0.3 is 0 Å². The molecule has 184 valence electrons. The maximum Gasteiger partial charge on any atom is 0.205 e. The van der Waals surface area contributed by atoms with E-state index < -0.39 is 0 Å². The molecule has 7 heteroatoms. The fourth-order valence-corrected chi connectivity index (χ4v) is 4.41. The number of benzene rings is 2. The average molecular weight is 472 g/mol. The molecular weight excluding hydrogens is 434 g/mol. The van der Waals surface area contributed by atoms with Gasteiger partial charge in [-0.3, -0.25) is 0 Å². The van der Waals surface area contributed by atoms with Crippen LogP contribution in [0.4, 0.5) is 0 Å². The second kappa shape index (κ2) is 12.9. The van der Waals surface area contributed by atoms with Gasteiger partial charge in [0.2, 0.25) is 5.82 Å². The number of hydrogen-bond acceptors (Lipinski definition) is 5. The minimum Gasteiger partial charge on any atom is -0.245 e. The second-order valence-corrected chi connectivity index (χ2v) is 9.20. The lowest BCUT2D eigenvalue weighted by atomic mass is 9.98. The van der Waals surface area contributed by atoms with Crippen molar-refractivity contribution in [1.82, 2.24) is 35.4 Å². The van der Waals surface area contributed by atoms with Gasteiger partial charge in [-0.1, -0.05) is 101 Å². The van der Waals surface area contributed by atoms with E-state index in [1.54, 1.807) is 0 Å². The summed E-state index contributed by atoms with van der Waals surface area (Å²) < 4.78 is 2.12. The second-order valence-electron chi connectivity index (χ2n) is 9.20. The number of nitrogens with zero attached hydrogens (tertiary/aromatic N) is 6. The lowest BCUT2D eigenvalue weighted by Gasteiger charge is -2.09. The van der Waals surface area contributed by atoms with Crippen LogP contribution in [0.5, 0.6) is 0 Å². The number of H-pyrrole nitrogens is 1. The first kappa shape index (κ1) is 24.8. The molecule has 35 heavy (non-hydrogen) atoms. The molecule has 0 spiro atoms. The monoisotopic (exact) mass is 471 g/mol. The van der Waals surface area contributed by atoms with Gasteiger partial charge in [0.1, 0.15) is 5.82 Å². The minimum atomic E-state index is 0.603. The maximum absolute atomic E-state index is 4.91. The summed E-state index contributed by atoms with van der Waals surface area (Å²) in [6.45, 7) is 5.23. The van der Waals surface area contributed by atoms with Gasteiger partial charge in [0.15, 0.2) is 5.82 Å². The summed E-state index contributed by atoms with van der Waals surface area (Å²) in [6.07, 6.45) is 12.0. The van der Waals surface area contributed by atoms with Crippen molar-refractivity contribution >= 4 is 0 Å². The third-order valence-corrected chi connectivity index (χ3v) is 6.41. The van der Waals surface area contributed by atoms with Crippen LogP contribution in [0.15, 0.2) is 48.5 Å². The molecule has 2 aromatic carbocycles. The molecule has 4 aromatic rings. The first-order valence-electron chi connectivity index (χ1n) is 13.1. The standard InChI is InChI=1S/C28H37N7/c1-3-5-7-8-9-10-15-26-29-27(16-6-4-2)35(32-26)21-22-17-19-23(20-18-22)24-13-11-12-14-25(24)28-30-33-34-31-28/h11-14,17-20H,3-10,15-16,21H2,1-2H3,(H,30,31,33,34). The van der Waals surface area contributed by atoms with Crippen molar-refractivity contribution in [3.63, 3.8) is 0 Å². The third kappa shape index (κ3) is 6.84. The van der Waals surface area contributed by atoms with Crippen molar-refractivity contribution in [2.75, 3.05) is 0 Å². The topological polar surface area (TPSA) is 85.2 Å². The molecule has 0 aliphatic heterocycles. The largest absolute Gasteiger partial charge is 0.245 e. The highest BCUT2D eigenvalue weighted by Gasteiger charge is 2.12. The molecule has 0 fully saturated rings. The first-order valence-corrected chi connectivity index (χ1v) is 13.1. The van der Waals surface area contributed by atoms with Crippen molar-refractivity contribution in [3.8, 4) is 22.5 Å². The van der Waals surface area contributed by atoms with Crippen LogP contribution >= 0.6 is 0 Å². The SMILES string of the molecule is CCCCCCCCc1nc(CCCC)n(Cc2ccc(-c3ccccc3-c3nn[nH]n3)cc2)n1. The Hall–Kier alpha value is -3.35. The van der Waals surface area contributed by atoms with Gasteiger partial charge in [0.05, 0.1) is 6.54 Å². The Bertz CT molecular complexity index is 1150. The molecule has 2 aromatic heterocycles. The van der Waals surface area contributed by atoms with Crippen molar-refractivity contribution in [2.45, 2.75) is 84.6 Å². The van der Waals surface area contributed by atoms with Gasteiger partial charge in [-0.05, 0) is 34.7 Å². The van der Waals surface area contributed by atoms with Crippen LogP contribution < -0.4 is 0 Å². The number of aromatic nitrogens is 7. The molecule has 0 radical (unpaired) electrons. The molecule has 0 unspecified atom stereocenters. The van der Waals surface area contributed by atoms with Crippen molar-refractivity contribution in [1.29, 1.82) is 0 Å². The molecule has 0 amide bonds.